The molecule has 0 spiro atoms. The number of anilines is 1. The predicted molar refractivity (Wildman–Crippen MR) is 90.3 cm³/mol. The summed E-state index contributed by atoms with van der Waals surface area (Å²) in [4.78, 5) is 19.7. The van der Waals surface area contributed by atoms with Crippen molar-refractivity contribution >= 4 is 11.6 Å². The SMILES string of the molecule is CN(C)c1ccc(C(=O)N2CC(Oc3cc(C(F)(F)F)ccn3)C2)cc1. The van der Waals surface area contributed by atoms with Gasteiger partial charge in [-0.2, -0.15) is 13.2 Å². The van der Waals surface area contributed by atoms with Gasteiger partial charge in [-0.3, -0.25) is 4.79 Å². The molecule has 0 saturated carbocycles. The molecule has 0 bridgehead atoms. The molecule has 0 atom stereocenters. The lowest BCUT2D eigenvalue weighted by atomic mass is 10.1. The van der Waals surface area contributed by atoms with Crippen molar-refractivity contribution in [3.8, 4) is 5.88 Å². The lowest BCUT2D eigenvalue weighted by Gasteiger charge is -2.38. The Hall–Kier alpha value is -2.77. The number of halogens is 3. The number of hydrogen-bond donors (Lipinski definition) is 0. The fourth-order valence-corrected chi connectivity index (χ4v) is 2.58. The molecule has 1 aliphatic heterocycles. The van der Waals surface area contributed by atoms with Crippen molar-refractivity contribution in [3.05, 3.63) is 53.7 Å². The third kappa shape index (κ3) is 3.89. The molecular weight excluding hydrogens is 347 g/mol. The quantitative estimate of drug-likeness (QED) is 0.836. The highest BCUT2D eigenvalue weighted by molar-refractivity contribution is 5.95. The lowest BCUT2D eigenvalue weighted by Crippen LogP contribution is -2.56. The maximum Gasteiger partial charge on any atom is 0.416 e. The van der Waals surface area contributed by atoms with Gasteiger partial charge in [0.2, 0.25) is 5.88 Å². The van der Waals surface area contributed by atoms with Crippen LogP contribution < -0.4 is 9.64 Å². The molecule has 0 radical (unpaired) electrons. The van der Waals surface area contributed by atoms with Gasteiger partial charge in [-0.25, -0.2) is 4.98 Å². The minimum atomic E-state index is -4.44. The Morgan fingerprint density at radius 1 is 1.19 bits per heavy atom. The van der Waals surface area contributed by atoms with Crippen LogP contribution in [0.15, 0.2) is 42.6 Å². The highest BCUT2D eigenvalue weighted by Gasteiger charge is 2.34. The summed E-state index contributed by atoms with van der Waals surface area (Å²) in [6.07, 6.45) is -3.75. The second-order valence-electron chi connectivity index (χ2n) is 6.27. The van der Waals surface area contributed by atoms with Gasteiger partial charge in [0.15, 0.2) is 0 Å². The number of alkyl halides is 3. The largest absolute Gasteiger partial charge is 0.471 e. The average Bonchev–Trinajstić information content (AvgIpc) is 2.57. The Morgan fingerprint density at radius 2 is 1.85 bits per heavy atom. The van der Waals surface area contributed by atoms with Crippen LogP contribution in [-0.2, 0) is 6.18 Å². The van der Waals surface area contributed by atoms with Gasteiger partial charge < -0.3 is 14.5 Å². The minimum absolute atomic E-state index is 0.0905. The number of nitrogens with zero attached hydrogens (tertiary/aromatic N) is 3. The Balaban J connectivity index is 1.56. The standard InChI is InChI=1S/C18H18F3N3O2/c1-23(2)14-5-3-12(4-6-14)17(25)24-10-15(11-24)26-16-9-13(7-8-22-16)18(19,20)21/h3-9,15H,10-11H2,1-2H3. The predicted octanol–water partition coefficient (Wildman–Crippen LogP) is 3.07. The first-order chi connectivity index (χ1) is 12.2. The maximum atomic E-state index is 12.7. The molecule has 1 amide bonds. The van der Waals surface area contributed by atoms with Crippen molar-refractivity contribution in [1.82, 2.24) is 9.88 Å². The molecule has 1 saturated heterocycles. The normalized spacial score (nSPS) is 14.7. The van der Waals surface area contributed by atoms with Crippen molar-refractivity contribution in [2.75, 3.05) is 32.1 Å². The molecule has 0 aliphatic carbocycles. The lowest BCUT2D eigenvalue weighted by molar-refractivity contribution is -0.137. The summed E-state index contributed by atoms with van der Waals surface area (Å²) in [6, 6.07) is 8.97. The molecule has 2 aromatic rings. The summed E-state index contributed by atoms with van der Waals surface area (Å²) in [5, 5.41) is 0. The van der Waals surface area contributed by atoms with E-state index in [0.717, 1.165) is 24.0 Å². The van der Waals surface area contributed by atoms with Crippen molar-refractivity contribution in [3.63, 3.8) is 0 Å². The van der Waals surface area contributed by atoms with Crippen LogP contribution >= 0.6 is 0 Å². The van der Waals surface area contributed by atoms with Crippen LogP contribution in [0.2, 0.25) is 0 Å². The van der Waals surface area contributed by atoms with Crippen molar-refractivity contribution in [1.29, 1.82) is 0 Å². The number of likely N-dealkylation sites (tertiary alicyclic amines) is 1. The fraction of sp³-hybridized carbons (Fsp3) is 0.333. The molecule has 2 heterocycles. The zero-order valence-electron chi connectivity index (χ0n) is 14.3. The van der Waals surface area contributed by atoms with E-state index in [4.69, 9.17) is 4.74 Å². The molecular formula is C18H18F3N3O2. The van der Waals surface area contributed by atoms with Gasteiger partial charge in [0.25, 0.3) is 5.91 Å². The van der Waals surface area contributed by atoms with E-state index in [9.17, 15) is 18.0 Å². The van der Waals surface area contributed by atoms with Gasteiger partial charge in [0.1, 0.15) is 6.10 Å². The van der Waals surface area contributed by atoms with Gasteiger partial charge in [-0.1, -0.05) is 0 Å². The highest BCUT2D eigenvalue weighted by atomic mass is 19.4. The number of aromatic nitrogens is 1. The van der Waals surface area contributed by atoms with E-state index in [1.165, 1.54) is 0 Å². The van der Waals surface area contributed by atoms with Crippen LogP contribution in [0.25, 0.3) is 0 Å². The Bertz CT molecular complexity index is 785. The number of rotatable bonds is 4. The molecule has 26 heavy (non-hydrogen) atoms. The Morgan fingerprint density at radius 3 is 2.42 bits per heavy atom. The number of ether oxygens (including phenoxy) is 1. The topological polar surface area (TPSA) is 45.7 Å². The van der Waals surface area contributed by atoms with Crippen molar-refractivity contribution < 1.29 is 22.7 Å². The number of pyridine rings is 1. The first-order valence-electron chi connectivity index (χ1n) is 8.00. The molecule has 3 rings (SSSR count). The molecule has 5 nitrogen and oxygen atoms in total. The van der Waals surface area contributed by atoms with Gasteiger partial charge >= 0.3 is 6.18 Å². The van der Waals surface area contributed by atoms with Crippen molar-refractivity contribution in [2.24, 2.45) is 0 Å². The van der Waals surface area contributed by atoms with E-state index >= 15 is 0 Å². The summed E-state index contributed by atoms with van der Waals surface area (Å²) in [7, 11) is 3.83. The summed E-state index contributed by atoms with van der Waals surface area (Å²) >= 11 is 0. The molecule has 8 heteroatoms. The second kappa shape index (κ2) is 6.86. The first kappa shape index (κ1) is 18.0. The third-order valence-corrected chi connectivity index (χ3v) is 4.12. The van der Waals surface area contributed by atoms with Crippen LogP contribution in [0, 0.1) is 0 Å². The van der Waals surface area contributed by atoms with E-state index in [0.29, 0.717) is 18.7 Å². The summed E-state index contributed by atoms with van der Waals surface area (Å²) in [5.41, 5.74) is 0.740. The van der Waals surface area contributed by atoms with Gasteiger partial charge in [-0.05, 0) is 30.3 Å². The second-order valence-corrected chi connectivity index (χ2v) is 6.27. The number of carbonyl (C=O) groups is 1. The molecule has 0 unspecified atom stereocenters. The zero-order valence-corrected chi connectivity index (χ0v) is 14.3. The van der Waals surface area contributed by atoms with Gasteiger partial charge in [-0.15, -0.1) is 0 Å². The monoisotopic (exact) mass is 365 g/mol. The molecule has 1 aromatic carbocycles. The van der Waals surface area contributed by atoms with E-state index in [1.807, 2.05) is 31.1 Å². The average molecular weight is 365 g/mol. The summed E-state index contributed by atoms with van der Waals surface area (Å²) < 4.78 is 43.5. The zero-order chi connectivity index (χ0) is 18.9. The van der Waals surface area contributed by atoms with Crippen LogP contribution in [0.1, 0.15) is 15.9 Å². The highest BCUT2D eigenvalue weighted by Crippen LogP contribution is 2.31. The number of amides is 1. The summed E-state index contributed by atoms with van der Waals surface area (Å²) in [5.74, 6) is -0.223. The summed E-state index contributed by atoms with van der Waals surface area (Å²) in [6.45, 7) is 0.623. The minimum Gasteiger partial charge on any atom is -0.471 e. The number of benzene rings is 1. The van der Waals surface area contributed by atoms with Crippen molar-refractivity contribution in [2.45, 2.75) is 12.3 Å². The van der Waals surface area contributed by atoms with Gasteiger partial charge in [0.05, 0.1) is 18.7 Å². The van der Waals surface area contributed by atoms with Crippen LogP contribution in [0.3, 0.4) is 0 Å². The molecule has 0 N–H and O–H groups in total. The third-order valence-electron chi connectivity index (χ3n) is 4.12. The van der Waals surface area contributed by atoms with Crippen LogP contribution in [0.4, 0.5) is 18.9 Å². The Kier molecular flexibility index (Phi) is 4.76. The first-order valence-corrected chi connectivity index (χ1v) is 8.00. The number of hydrogen-bond acceptors (Lipinski definition) is 4. The fourth-order valence-electron chi connectivity index (χ4n) is 2.58. The molecule has 1 aromatic heterocycles. The Labute approximate surface area is 149 Å². The van der Waals surface area contributed by atoms with Crippen LogP contribution in [0.5, 0.6) is 5.88 Å². The maximum absolute atomic E-state index is 12.7. The van der Waals surface area contributed by atoms with E-state index in [2.05, 4.69) is 4.98 Å². The van der Waals surface area contributed by atoms with E-state index < -0.39 is 11.7 Å². The smallest absolute Gasteiger partial charge is 0.416 e. The molecule has 1 fully saturated rings. The van der Waals surface area contributed by atoms with Crippen LogP contribution in [-0.4, -0.2) is 49.1 Å². The molecule has 1 aliphatic rings. The van der Waals surface area contributed by atoms with Gasteiger partial charge in [0, 0.05) is 37.6 Å². The number of carbonyl (C=O) groups excluding carboxylic acids is 1. The molecule has 138 valence electrons. The van der Waals surface area contributed by atoms with E-state index in [-0.39, 0.29) is 17.9 Å². The van der Waals surface area contributed by atoms with E-state index in [1.54, 1.807) is 17.0 Å².